The van der Waals surface area contributed by atoms with Crippen LogP contribution in [0.25, 0.3) is 0 Å². The fourth-order valence-electron chi connectivity index (χ4n) is 2.17. The third kappa shape index (κ3) is 3.85. The fraction of sp³-hybridized carbons (Fsp3) is 0.235. The van der Waals surface area contributed by atoms with Gasteiger partial charge in [-0.2, -0.15) is 0 Å². The Kier molecular flexibility index (Phi) is 5.39. The summed E-state index contributed by atoms with van der Waals surface area (Å²) in [7, 11) is 0. The first-order chi connectivity index (χ1) is 10.2. The first-order valence-electron chi connectivity index (χ1n) is 7.06. The number of rotatable bonds is 5. The second-order valence-corrected chi connectivity index (χ2v) is 5.51. The molecule has 0 saturated carbocycles. The van der Waals surface area contributed by atoms with Gasteiger partial charge in [0.05, 0.1) is 5.69 Å². The van der Waals surface area contributed by atoms with E-state index in [0.29, 0.717) is 5.56 Å². The van der Waals surface area contributed by atoms with Crippen molar-refractivity contribution in [3.05, 3.63) is 58.6 Å². The van der Waals surface area contributed by atoms with Crippen molar-refractivity contribution in [2.45, 2.75) is 13.8 Å². The van der Waals surface area contributed by atoms with E-state index in [0.717, 1.165) is 28.9 Å². The van der Waals surface area contributed by atoms with Crippen LogP contribution in [0.1, 0.15) is 24.2 Å². The molecule has 0 aromatic heterocycles. The van der Waals surface area contributed by atoms with Gasteiger partial charge in [0.25, 0.3) is 5.91 Å². The Balaban J connectivity index is 2.12. The van der Waals surface area contributed by atoms with Gasteiger partial charge >= 0.3 is 0 Å². The van der Waals surface area contributed by atoms with Crippen molar-refractivity contribution in [2.75, 3.05) is 23.3 Å². The topological polar surface area (TPSA) is 32.3 Å². The average Bonchev–Trinajstić information content (AvgIpc) is 2.51. The molecule has 0 aliphatic carbocycles. The molecule has 3 nitrogen and oxygen atoms in total. The summed E-state index contributed by atoms with van der Waals surface area (Å²) in [4.78, 5) is 14.5. The first-order valence-corrected chi connectivity index (χ1v) is 7.86. The molecule has 0 fully saturated rings. The van der Waals surface area contributed by atoms with Crippen molar-refractivity contribution in [3.8, 4) is 0 Å². The monoisotopic (exact) mass is 346 g/mol. The van der Waals surface area contributed by atoms with Crippen molar-refractivity contribution < 1.29 is 4.79 Å². The maximum Gasteiger partial charge on any atom is 0.255 e. The normalized spacial score (nSPS) is 10.2. The van der Waals surface area contributed by atoms with Crippen LogP contribution in [0.15, 0.2) is 53.0 Å². The van der Waals surface area contributed by atoms with Crippen molar-refractivity contribution in [2.24, 2.45) is 0 Å². The lowest BCUT2D eigenvalue weighted by atomic mass is 10.1. The fourth-order valence-corrected chi connectivity index (χ4v) is 2.55. The standard InChI is InChI=1S/C17H19BrN2O/c1-3-20(4-2)14-11-9-13(10-12-14)17(21)19-16-8-6-5-7-15(16)18/h5-12H,3-4H2,1-2H3,(H,19,21). The Morgan fingerprint density at radius 3 is 2.24 bits per heavy atom. The highest BCUT2D eigenvalue weighted by Crippen LogP contribution is 2.22. The van der Waals surface area contributed by atoms with Crippen molar-refractivity contribution in [1.82, 2.24) is 0 Å². The molecular formula is C17H19BrN2O. The van der Waals surface area contributed by atoms with E-state index in [9.17, 15) is 4.79 Å². The summed E-state index contributed by atoms with van der Waals surface area (Å²) in [6.07, 6.45) is 0. The molecule has 1 N–H and O–H groups in total. The zero-order valence-electron chi connectivity index (χ0n) is 12.3. The maximum atomic E-state index is 12.2. The molecular weight excluding hydrogens is 328 g/mol. The second-order valence-electron chi connectivity index (χ2n) is 4.65. The first kappa shape index (κ1) is 15.6. The number of carbonyl (C=O) groups is 1. The molecule has 0 bridgehead atoms. The van der Waals surface area contributed by atoms with E-state index in [1.165, 1.54) is 0 Å². The number of carbonyl (C=O) groups excluding carboxylic acids is 1. The highest BCUT2D eigenvalue weighted by molar-refractivity contribution is 9.10. The Morgan fingerprint density at radius 2 is 1.67 bits per heavy atom. The number of para-hydroxylation sites is 1. The molecule has 2 aromatic rings. The number of anilines is 2. The smallest absolute Gasteiger partial charge is 0.255 e. The molecule has 0 radical (unpaired) electrons. The van der Waals surface area contributed by atoms with E-state index >= 15 is 0 Å². The molecule has 0 heterocycles. The van der Waals surface area contributed by atoms with Crippen LogP contribution in [0.4, 0.5) is 11.4 Å². The Hall–Kier alpha value is -1.81. The van der Waals surface area contributed by atoms with Crippen LogP contribution in [0.2, 0.25) is 0 Å². The van der Waals surface area contributed by atoms with Crippen LogP contribution in [-0.2, 0) is 0 Å². The number of hydrogen-bond donors (Lipinski definition) is 1. The summed E-state index contributed by atoms with van der Waals surface area (Å²) in [6, 6.07) is 15.3. The van der Waals surface area contributed by atoms with Crippen LogP contribution in [0.3, 0.4) is 0 Å². The Morgan fingerprint density at radius 1 is 1.05 bits per heavy atom. The van der Waals surface area contributed by atoms with Crippen LogP contribution in [0.5, 0.6) is 0 Å². The van der Waals surface area contributed by atoms with E-state index in [-0.39, 0.29) is 5.91 Å². The van der Waals surface area contributed by atoms with Gasteiger partial charge in [0.15, 0.2) is 0 Å². The van der Waals surface area contributed by atoms with Gasteiger partial charge in [-0.3, -0.25) is 4.79 Å². The molecule has 0 unspecified atom stereocenters. The van der Waals surface area contributed by atoms with E-state index in [4.69, 9.17) is 0 Å². The zero-order valence-corrected chi connectivity index (χ0v) is 13.9. The lowest BCUT2D eigenvalue weighted by Gasteiger charge is -2.21. The predicted molar refractivity (Wildman–Crippen MR) is 92.1 cm³/mol. The minimum absolute atomic E-state index is 0.104. The largest absolute Gasteiger partial charge is 0.372 e. The molecule has 0 aliphatic heterocycles. The Labute approximate surface area is 134 Å². The van der Waals surface area contributed by atoms with Crippen molar-refractivity contribution in [3.63, 3.8) is 0 Å². The SMILES string of the molecule is CCN(CC)c1ccc(C(=O)Nc2ccccc2Br)cc1. The number of amides is 1. The lowest BCUT2D eigenvalue weighted by Crippen LogP contribution is -2.21. The number of nitrogens with zero attached hydrogens (tertiary/aromatic N) is 1. The summed E-state index contributed by atoms with van der Waals surface area (Å²) < 4.78 is 0.873. The van der Waals surface area contributed by atoms with Crippen molar-refractivity contribution in [1.29, 1.82) is 0 Å². The van der Waals surface area contributed by atoms with Crippen LogP contribution < -0.4 is 10.2 Å². The lowest BCUT2D eigenvalue weighted by molar-refractivity contribution is 0.102. The van der Waals surface area contributed by atoms with E-state index in [2.05, 4.69) is 40.0 Å². The zero-order chi connectivity index (χ0) is 15.2. The molecule has 0 saturated heterocycles. The summed E-state index contributed by atoms with van der Waals surface area (Å²) >= 11 is 3.43. The van der Waals surface area contributed by atoms with Gasteiger partial charge in [0.1, 0.15) is 0 Å². The number of hydrogen-bond acceptors (Lipinski definition) is 2. The number of halogens is 1. The molecule has 0 aliphatic rings. The highest BCUT2D eigenvalue weighted by atomic mass is 79.9. The molecule has 4 heteroatoms. The molecule has 0 spiro atoms. The minimum atomic E-state index is -0.104. The van der Waals surface area contributed by atoms with E-state index in [1.807, 2.05) is 48.5 Å². The highest BCUT2D eigenvalue weighted by Gasteiger charge is 2.09. The molecule has 1 amide bonds. The van der Waals surface area contributed by atoms with Crippen LogP contribution >= 0.6 is 15.9 Å². The van der Waals surface area contributed by atoms with Gasteiger partial charge in [-0.15, -0.1) is 0 Å². The summed E-state index contributed by atoms with van der Waals surface area (Å²) in [5.74, 6) is -0.104. The van der Waals surface area contributed by atoms with Crippen molar-refractivity contribution >= 4 is 33.2 Å². The maximum absolute atomic E-state index is 12.2. The summed E-state index contributed by atoms with van der Waals surface area (Å²) in [5.41, 5.74) is 2.56. The average molecular weight is 347 g/mol. The van der Waals surface area contributed by atoms with Crippen LogP contribution in [-0.4, -0.2) is 19.0 Å². The molecule has 110 valence electrons. The molecule has 21 heavy (non-hydrogen) atoms. The van der Waals surface area contributed by atoms with E-state index in [1.54, 1.807) is 0 Å². The van der Waals surface area contributed by atoms with E-state index < -0.39 is 0 Å². The minimum Gasteiger partial charge on any atom is -0.372 e. The third-order valence-electron chi connectivity index (χ3n) is 3.38. The molecule has 2 rings (SSSR count). The predicted octanol–water partition coefficient (Wildman–Crippen LogP) is 4.55. The third-order valence-corrected chi connectivity index (χ3v) is 4.07. The second kappa shape index (κ2) is 7.27. The molecule has 2 aromatic carbocycles. The van der Waals surface area contributed by atoms with Gasteiger partial charge in [0.2, 0.25) is 0 Å². The van der Waals surface area contributed by atoms with Gasteiger partial charge in [-0.05, 0) is 66.2 Å². The summed E-state index contributed by atoms with van der Waals surface area (Å²) in [5, 5.41) is 2.90. The van der Waals surface area contributed by atoms with Gasteiger partial charge < -0.3 is 10.2 Å². The van der Waals surface area contributed by atoms with Crippen LogP contribution in [0, 0.1) is 0 Å². The van der Waals surface area contributed by atoms with Gasteiger partial charge in [-0.25, -0.2) is 0 Å². The molecule has 0 atom stereocenters. The van der Waals surface area contributed by atoms with Gasteiger partial charge in [0, 0.05) is 28.8 Å². The number of benzene rings is 2. The van der Waals surface area contributed by atoms with Gasteiger partial charge in [-0.1, -0.05) is 12.1 Å². The quantitative estimate of drug-likeness (QED) is 0.861. The number of nitrogens with one attached hydrogen (secondary N) is 1. The Bertz CT molecular complexity index is 606. The summed E-state index contributed by atoms with van der Waals surface area (Å²) in [6.45, 7) is 6.16.